The summed E-state index contributed by atoms with van der Waals surface area (Å²) in [7, 11) is -1.38. The number of thiophene rings is 1. The molecule has 0 spiro atoms. The minimum absolute atomic E-state index is 0.379. The third-order valence-electron chi connectivity index (χ3n) is 3.82. The average molecular weight is 311 g/mol. The molecule has 2 aromatic rings. The molecule has 3 rings (SSSR count). The van der Waals surface area contributed by atoms with Crippen molar-refractivity contribution in [3.05, 3.63) is 16.3 Å². The first kappa shape index (κ1) is 13.8. The average Bonchev–Trinajstić information content (AvgIpc) is 2.95. The van der Waals surface area contributed by atoms with E-state index in [0.717, 1.165) is 28.9 Å². The van der Waals surface area contributed by atoms with Crippen molar-refractivity contribution in [3.8, 4) is 0 Å². The van der Waals surface area contributed by atoms with Gasteiger partial charge >= 0.3 is 0 Å². The molecule has 0 saturated carbocycles. The van der Waals surface area contributed by atoms with Crippen molar-refractivity contribution in [3.63, 3.8) is 0 Å². The van der Waals surface area contributed by atoms with Gasteiger partial charge in [-0.1, -0.05) is 0 Å². The van der Waals surface area contributed by atoms with E-state index in [9.17, 15) is 8.42 Å². The van der Waals surface area contributed by atoms with Gasteiger partial charge in [0.15, 0.2) is 9.84 Å². The largest absolute Gasteiger partial charge is 0.372 e. The van der Waals surface area contributed by atoms with Crippen LogP contribution in [0.4, 0.5) is 5.82 Å². The van der Waals surface area contributed by atoms with Crippen molar-refractivity contribution >= 4 is 37.2 Å². The van der Waals surface area contributed by atoms with Gasteiger partial charge in [0.1, 0.15) is 21.7 Å². The third kappa shape index (κ3) is 2.09. The van der Waals surface area contributed by atoms with E-state index in [1.165, 1.54) is 23.1 Å². The summed E-state index contributed by atoms with van der Waals surface area (Å²) in [5, 5.41) is 3.49. The molecular weight excluding hydrogens is 294 g/mol. The fraction of sp³-hybridized carbons (Fsp3) is 0.538. The Bertz CT molecular complexity index is 781. The molecule has 20 heavy (non-hydrogen) atoms. The van der Waals surface area contributed by atoms with E-state index in [2.05, 4.69) is 15.3 Å². The summed E-state index contributed by atoms with van der Waals surface area (Å²) in [5.41, 5.74) is 1.34. The van der Waals surface area contributed by atoms with Gasteiger partial charge in [-0.15, -0.1) is 11.3 Å². The van der Waals surface area contributed by atoms with Gasteiger partial charge < -0.3 is 5.32 Å². The quantitative estimate of drug-likeness (QED) is 0.942. The molecule has 1 aliphatic carbocycles. The summed E-state index contributed by atoms with van der Waals surface area (Å²) < 4.78 is 23.4. The van der Waals surface area contributed by atoms with Crippen LogP contribution < -0.4 is 5.32 Å². The molecule has 0 aliphatic heterocycles. The van der Waals surface area contributed by atoms with Crippen LogP contribution in [0, 0.1) is 0 Å². The van der Waals surface area contributed by atoms with E-state index in [1.54, 1.807) is 18.3 Å². The fourth-order valence-corrected chi connectivity index (χ4v) is 4.32. The first-order valence-corrected chi connectivity index (χ1v) is 9.37. The molecule has 2 heterocycles. The zero-order chi connectivity index (χ0) is 14.5. The zero-order valence-corrected chi connectivity index (χ0v) is 13.4. The Labute approximate surface area is 122 Å². The maximum atomic E-state index is 11.7. The summed E-state index contributed by atoms with van der Waals surface area (Å²) in [4.78, 5) is 11.2. The highest BCUT2D eigenvalue weighted by Crippen LogP contribution is 2.40. The number of hydrogen-bond acceptors (Lipinski definition) is 6. The van der Waals surface area contributed by atoms with Crippen LogP contribution in [0.2, 0.25) is 0 Å². The van der Waals surface area contributed by atoms with Crippen LogP contribution in [-0.2, 0) is 22.7 Å². The van der Waals surface area contributed by atoms with Gasteiger partial charge in [0, 0.05) is 18.2 Å². The highest BCUT2D eigenvalue weighted by Gasteiger charge is 2.26. The minimum Gasteiger partial charge on any atom is -0.372 e. The monoisotopic (exact) mass is 311 g/mol. The number of fused-ring (bicyclic) bond motifs is 3. The second-order valence-electron chi connectivity index (χ2n) is 5.19. The van der Waals surface area contributed by atoms with Crippen molar-refractivity contribution in [2.24, 2.45) is 0 Å². The Morgan fingerprint density at radius 2 is 2.05 bits per heavy atom. The standard InChI is InChI=1S/C13H17N3O2S2/c1-7(20(3,17)18)11-15-12(14-2)10-8-5-4-6-9(8)19-13(10)16-11/h7H,4-6H2,1-3H3,(H,14,15,16). The van der Waals surface area contributed by atoms with Gasteiger partial charge in [-0.3, -0.25) is 0 Å². The normalized spacial score (nSPS) is 16.4. The number of nitrogens with one attached hydrogen (secondary N) is 1. The van der Waals surface area contributed by atoms with Crippen LogP contribution in [0.15, 0.2) is 0 Å². The Morgan fingerprint density at radius 1 is 1.30 bits per heavy atom. The van der Waals surface area contributed by atoms with E-state index in [0.29, 0.717) is 5.82 Å². The molecule has 0 amide bonds. The number of aromatic nitrogens is 2. The number of nitrogens with zero attached hydrogens (tertiary/aromatic N) is 2. The highest BCUT2D eigenvalue weighted by atomic mass is 32.2. The third-order valence-corrected chi connectivity index (χ3v) is 6.51. The van der Waals surface area contributed by atoms with E-state index >= 15 is 0 Å². The lowest BCUT2D eigenvalue weighted by Gasteiger charge is -2.11. The van der Waals surface area contributed by atoms with Crippen molar-refractivity contribution in [1.29, 1.82) is 0 Å². The first-order chi connectivity index (χ1) is 9.41. The number of hydrogen-bond donors (Lipinski definition) is 1. The highest BCUT2D eigenvalue weighted by molar-refractivity contribution is 7.90. The molecule has 108 valence electrons. The topological polar surface area (TPSA) is 72.0 Å². The van der Waals surface area contributed by atoms with E-state index < -0.39 is 15.1 Å². The van der Waals surface area contributed by atoms with Crippen LogP contribution in [0.25, 0.3) is 10.2 Å². The Balaban J connectivity index is 2.24. The summed E-state index contributed by atoms with van der Waals surface area (Å²) >= 11 is 1.67. The molecule has 1 unspecified atom stereocenters. The maximum absolute atomic E-state index is 11.7. The molecule has 0 saturated heterocycles. The second-order valence-corrected chi connectivity index (χ2v) is 8.64. The summed E-state index contributed by atoms with van der Waals surface area (Å²) in [6.07, 6.45) is 4.56. The predicted molar refractivity (Wildman–Crippen MR) is 82.2 cm³/mol. The van der Waals surface area contributed by atoms with Crippen LogP contribution in [0.5, 0.6) is 0 Å². The van der Waals surface area contributed by atoms with Crippen LogP contribution in [0.1, 0.15) is 34.9 Å². The lowest BCUT2D eigenvalue weighted by atomic mass is 10.2. The summed E-state index contributed by atoms with van der Waals surface area (Å²) in [5.74, 6) is 1.13. The number of anilines is 1. The van der Waals surface area contributed by atoms with Crippen LogP contribution in [0.3, 0.4) is 0 Å². The first-order valence-electron chi connectivity index (χ1n) is 6.60. The summed E-state index contributed by atoms with van der Waals surface area (Å²) in [6.45, 7) is 1.64. The fourth-order valence-electron chi connectivity index (χ4n) is 2.57. The lowest BCUT2D eigenvalue weighted by molar-refractivity contribution is 0.589. The molecule has 5 nitrogen and oxygen atoms in total. The van der Waals surface area contributed by atoms with Gasteiger partial charge in [-0.05, 0) is 31.7 Å². The Hall–Kier alpha value is -1.21. The zero-order valence-electron chi connectivity index (χ0n) is 11.7. The molecular formula is C13H17N3O2S2. The van der Waals surface area contributed by atoms with E-state index in [-0.39, 0.29) is 0 Å². The van der Waals surface area contributed by atoms with Gasteiger partial charge in [0.2, 0.25) is 0 Å². The molecule has 0 aromatic carbocycles. The van der Waals surface area contributed by atoms with Crippen molar-refractivity contribution in [2.45, 2.75) is 31.4 Å². The van der Waals surface area contributed by atoms with Crippen molar-refractivity contribution < 1.29 is 8.42 Å². The SMILES string of the molecule is CNc1nc(C(C)S(C)(=O)=O)nc2sc3c(c12)CCC3. The Morgan fingerprint density at radius 3 is 2.70 bits per heavy atom. The van der Waals surface area contributed by atoms with E-state index in [1.807, 2.05) is 7.05 Å². The van der Waals surface area contributed by atoms with Gasteiger partial charge in [0.25, 0.3) is 0 Å². The molecule has 7 heteroatoms. The minimum atomic E-state index is -3.19. The van der Waals surface area contributed by atoms with Crippen molar-refractivity contribution in [2.75, 3.05) is 18.6 Å². The van der Waals surface area contributed by atoms with Gasteiger partial charge in [0.05, 0.1) is 5.39 Å². The van der Waals surface area contributed by atoms with Gasteiger partial charge in [-0.25, -0.2) is 18.4 Å². The second kappa shape index (κ2) is 4.66. The predicted octanol–water partition coefficient (Wildman–Crippen LogP) is 2.33. The number of rotatable bonds is 3. The molecule has 0 bridgehead atoms. The number of aryl methyl sites for hydroxylation is 2. The number of sulfone groups is 1. The molecule has 1 atom stereocenters. The van der Waals surface area contributed by atoms with Crippen molar-refractivity contribution in [1.82, 2.24) is 9.97 Å². The van der Waals surface area contributed by atoms with E-state index in [4.69, 9.17) is 0 Å². The summed E-state index contributed by atoms with van der Waals surface area (Å²) in [6, 6.07) is 0. The molecule has 1 aliphatic rings. The van der Waals surface area contributed by atoms with Crippen LogP contribution in [-0.4, -0.2) is 31.7 Å². The van der Waals surface area contributed by atoms with Gasteiger partial charge in [-0.2, -0.15) is 0 Å². The molecule has 0 radical (unpaired) electrons. The van der Waals surface area contributed by atoms with Crippen LogP contribution >= 0.6 is 11.3 Å². The molecule has 0 fully saturated rings. The lowest BCUT2D eigenvalue weighted by Crippen LogP contribution is -2.12. The maximum Gasteiger partial charge on any atom is 0.157 e. The Kier molecular flexibility index (Phi) is 3.21. The molecule has 2 aromatic heterocycles. The smallest absolute Gasteiger partial charge is 0.157 e. The molecule has 1 N–H and O–H groups in total.